The first-order valence-electron chi connectivity index (χ1n) is 8.57. The van der Waals surface area contributed by atoms with Crippen LogP contribution in [0.15, 0.2) is 30.3 Å². The number of hydrogen-bond acceptors (Lipinski definition) is 4. The highest BCUT2D eigenvalue weighted by Crippen LogP contribution is 2.31. The summed E-state index contributed by atoms with van der Waals surface area (Å²) in [5.74, 6) is 1.39. The highest BCUT2D eigenvalue weighted by atomic mass is 16.5. The maximum Gasteiger partial charge on any atom is 0.246 e. The molecule has 23 heavy (non-hydrogen) atoms. The Hall–Kier alpha value is -1.59. The number of carbonyl (C=O) groups is 1. The molecular formula is C18H26N2O3. The third-order valence-corrected chi connectivity index (χ3v) is 4.44. The molecule has 1 aromatic rings. The number of rotatable bonds is 9. The number of hydrogen-bond donors (Lipinski definition) is 1. The van der Waals surface area contributed by atoms with Crippen LogP contribution in [0.5, 0.6) is 5.75 Å². The van der Waals surface area contributed by atoms with E-state index in [4.69, 9.17) is 9.47 Å². The maximum atomic E-state index is 11.8. The van der Waals surface area contributed by atoms with E-state index in [1.165, 1.54) is 25.8 Å². The molecule has 126 valence electrons. The van der Waals surface area contributed by atoms with Crippen molar-refractivity contribution in [2.75, 3.05) is 39.5 Å². The molecule has 1 atom stereocenters. The van der Waals surface area contributed by atoms with Gasteiger partial charge in [0.15, 0.2) is 0 Å². The zero-order chi connectivity index (χ0) is 15.9. The van der Waals surface area contributed by atoms with Gasteiger partial charge in [0.1, 0.15) is 19.0 Å². The van der Waals surface area contributed by atoms with Crippen molar-refractivity contribution in [2.24, 2.45) is 5.92 Å². The van der Waals surface area contributed by atoms with Crippen LogP contribution < -0.4 is 10.1 Å². The summed E-state index contributed by atoms with van der Waals surface area (Å²) in [5.41, 5.74) is 0. The Morgan fingerprint density at radius 2 is 2.00 bits per heavy atom. The number of likely N-dealkylation sites (tertiary alicyclic amines) is 1. The zero-order valence-electron chi connectivity index (χ0n) is 13.6. The van der Waals surface area contributed by atoms with Gasteiger partial charge in [0.2, 0.25) is 5.91 Å². The van der Waals surface area contributed by atoms with Crippen LogP contribution in [0.2, 0.25) is 0 Å². The Morgan fingerprint density at radius 3 is 2.78 bits per heavy atom. The summed E-state index contributed by atoms with van der Waals surface area (Å²) in [6, 6.07) is 10.4. The van der Waals surface area contributed by atoms with Crippen molar-refractivity contribution >= 4 is 5.91 Å². The number of carbonyl (C=O) groups excluding carboxylic acids is 1. The number of benzene rings is 1. The normalized spacial score (nSPS) is 21.3. The van der Waals surface area contributed by atoms with Gasteiger partial charge in [0.05, 0.1) is 6.61 Å². The molecule has 2 aliphatic rings. The van der Waals surface area contributed by atoms with Crippen molar-refractivity contribution in [3.63, 3.8) is 0 Å². The number of nitrogens with one attached hydrogen (secondary N) is 1. The highest BCUT2D eigenvalue weighted by Gasteiger charge is 2.34. The van der Waals surface area contributed by atoms with Crippen LogP contribution >= 0.6 is 0 Å². The van der Waals surface area contributed by atoms with Gasteiger partial charge in [-0.05, 0) is 43.9 Å². The first-order valence-corrected chi connectivity index (χ1v) is 8.57. The van der Waals surface area contributed by atoms with E-state index < -0.39 is 0 Å². The lowest BCUT2D eigenvalue weighted by Gasteiger charge is -2.15. The standard InChI is InChI=1S/C18H26N2O3/c21-18(14-22-10-11-23-17-4-2-1-3-5-17)19-12-15-8-9-20(13-15)16-6-7-16/h1-5,15-16H,6-14H2,(H,19,21)/t15-/m0/s1. The molecular weight excluding hydrogens is 292 g/mol. The fourth-order valence-electron chi connectivity index (χ4n) is 3.01. The molecule has 5 nitrogen and oxygen atoms in total. The molecule has 1 amide bonds. The summed E-state index contributed by atoms with van der Waals surface area (Å²) < 4.78 is 10.9. The third-order valence-electron chi connectivity index (χ3n) is 4.44. The van der Waals surface area contributed by atoms with Gasteiger partial charge in [-0.25, -0.2) is 0 Å². The number of ether oxygens (including phenoxy) is 2. The molecule has 1 aliphatic carbocycles. The predicted octanol–water partition coefficient (Wildman–Crippen LogP) is 1.68. The average Bonchev–Trinajstić information content (AvgIpc) is 3.32. The second-order valence-corrected chi connectivity index (χ2v) is 6.40. The van der Waals surface area contributed by atoms with E-state index in [9.17, 15) is 4.79 Å². The fourth-order valence-corrected chi connectivity index (χ4v) is 3.01. The molecule has 3 rings (SSSR count). The summed E-state index contributed by atoms with van der Waals surface area (Å²) in [5, 5.41) is 2.98. The van der Waals surface area contributed by atoms with Gasteiger partial charge in [0, 0.05) is 19.1 Å². The summed E-state index contributed by atoms with van der Waals surface area (Å²) in [6.45, 7) is 4.08. The van der Waals surface area contributed by atoms with Gasteiger partial charge in [-0.15, -0.1) is 0 Å². The quantitative estimate of drug-likeness (QED) is 0.704. The zero-order valence-corrected chi connectivity index (χ0v) is 13.6. The minimum absolute atomic E-state index is 0.0328. The molecule has 1 heterocycles. The lowest BCUT2D eigenvalue weighted by atomic mass is 10.1. The van der Waals surface area contributed by atoms with Gasteiger partial charge >= 0.3 is 0 Å². The molecule has 0 unspecified atom stereocenters. The molecule has 0 bridgehead atoms. The lowest BCUT2D eigenvalue weighted by Crippen LogP contribution is -2.34. The highest BCUT2D eigenvalue weighted by molar-refractivity contribution is 5.77. The van der Waals surface area contributed by atoms with Crippen LogP contribution in [0.4, 0.5) is 0 Å². The maximum absolute atomic E-state index is 11.8. The molecule has 5 heteroatoms. The molecule has 0 aromatic heterocycles. The van der Waals surface area contributed by atoms with Crippen LogP contribution in [0.25, 0.3) is 0 Å². The molecule has 0 spiro atoms. The van der Waals surface area contributed by atoms with E-state index in [1.54, 1.807) is 0 Å². The Labute approximate surface area is 137 Å². The van der Waals surface area contributed by atoms with Crippen LogP contribution in [-0.4, -0.2) is 56.3 Å². The van der Waals surface area contributed by atoms with Crippen LogP contribution in [-0.2, 0) is 9.53 Å². The van der Waals surface area contributed by atoms with Gasteiger partial charge in [-0.3, -0.25) is 4.79 Å². The van der Waals surface area contributed by atoms with Crippen molar-refractivity contribution < 1.29 is 14.3 Å². The monoisotopic (exact) mass is 318 g/mol. The van der Waals surface area contributed by atoms with Crippen LogP contribution in [0.3, 0.4) is 0 Å². The SMILES string of the molecule is O=C(COCCOc1ccccc1)NC[C@@H]1CCN(C2CC2)C1. The van der Waals surface area contributed by atoms with Crippen LogP contribution in [0, 0.1) is 5.92 Å². The van der Waals surface area contributed by atoms with Gasteiger partial charge in [0.25, 0.3) is 0 Å². The Balaban J connectivity index is 1.20. The Kier molecular flexibility index (Phi) is 5.88. The summed E-state index contributed by atoms with van der Waals surface area (Å²) >= 11 is 0. The summed E-state index contributed by atoms with van der Waals surface area (Å²) in [6.07, 6.45) is 3.92. The topological polar surface area (TPSA) is 50.8 Å². The minimum atomic E-state index is -0.0328. The van der Waals surface area contributed by atoms with E-state index >= 15 is 0 Å². The van der Waals surface area contributed by atoms with Crippen molar-refractivity contribution in [2.45, 2.75) is 25.3 Å². The third kappa shape index (κ3) is 5.52. The molecule has 1 N–H and O–H groups in total. The lowest BCUT2D eigenvalue weighted by molar-refractivity contribution is -0.126. The Bertz CT molecular complexity index is 490. The summed E-state index contributed by atoms with van der Waals surface area (Å²) in [7, 11) is 0. The number of nitrogens with zero attached hydrogens (tertiary/aromatic N) is 1. The minimum Gasteiger partial charge on any atom is -0.491 e. The molecule has 2 fully saturated rings. The summed E-state index contributed by atoms with van der Waals surface area (Å²) in [4.78, 5) is 14.3. The fraction of sp³-hybridized carbons (Fsp3) is 0.611. The smallest absolute Gasteiger partial charge is 0.246 e. The van der Waals surface area contributed by atoms with E-state index in [2.05, 4.69) is 10.2 Å². The van der Waals surface area contributed by atoms with Crippen molar-refractivity contribution in [3.8, 4) is 5.75 Å². The van der Waals surface area contributed by atoms with E-state index in [0.717, 1.165) is 24.9 Å². The van der Waals surface area contributed by atoms with Gasteiger partial charge in [-0.1, -0.05) is 18.2 Å². The van der Waals surface area contributed by atoms with E-state index in [1.807, 2.05) is 30.3 Å². The molecule has 0 radical (unpaired) electrons. The van der Waals surface area contributed by atoms with Crippen molar-refractivity contribution in [1.82, 2.24) is 10.2 Å². The number of para-hydroxylation sites is 1. The first-order chi connectivity index (χ1) is 11.3. The van der Waals surface area contributed by atoms with Gasteiger partial charge in [-0.2, -0.15) is 0 Å². The van der Waals surface area contributed by atoms with E-state index in [0.29, 0.717) is 19.1 Å². The number of amides is 1. The molecule has 1 aromatic carbocycles. The second-order valence-electron chi connectivity index (χ2n) is 6.40. The van der Waals surface area contributed by atoms with Crippen molar-refractivity contribution in [1.29, 1.82) is 0 Å². The van der Waals surface area contributed by atoms with Crippen LogP contribution in [0.1, 0.15) is 19.3 Å². The molecule has 1 saturated carbocycles. The second kappa shape index (κ2) is 8.31. The first kappa shape index (κ1) is 16.3. The van der Waals surface area contributed by atoms with Gasteiger partial charge < -0.3 is 19.7 Å². The van der Waals surface area contributed by atoms with E-state index in [-0.39, 0.29) is 12.5 Å². The Morgan fingerprint density at radius 1 is 1.17 bits per heavy atom. The largest absolute Gasteiger partial charge is 0.491 e. The predicted molar refractivity (Wildman–Crippen MR) is 88.5 cm³/mol. The molecule has 1 saturated heterocycles. The van der Waals surface area contributed by atoms with Crippen molar-refractivity contribution in [3.05, 3.63) is 30.3 Å². The molecule has 1 aliphatic heterocycles. The average molecular weight is 318 g/mol.